The van der Waals surface area contributed by atoms with Crippen molar-refractivity contribution in [2.24, 2.45) is 0 Å². The van der Waals surface area contributed by atoms with Crippen molar-refractivity contribution in [3.8, 4) is 17.0 Å². The fourth-order valence-electron chi connectivity index (χ4n) is 2.42. The number of hydrogen-bond donors (Lipinski definition) is 1. The van der Waals surface area contributed by atoms with Crippen LogP contribution < -0.4 is 10.5 Å². The summed E-state index contributed by atoms with van der Waals surface area (Å²) in [5.74, 6) is 1.23. The molecule has 0 amide bonds. The first-order chi connectivity index (χ1) is 9.70. The van der Waals surface area contributed by atoms with Crippen LogP contribution in [0.4, 0.5) is 5.88 Å². The number of piperidine rings is 1. The molecule has 2 aromatic rings. The molecule has 0 aliphatic carbocycles. The predicted octanol–water partition coefficient (Wildman–Crippen LogP) is 2.40. The minimum absolute atomic E-state index is 0.319. The minimum atomic E-state index is 0.319. The maximum Gasteiger partial charge on any atom is 0.222 e. The summed E-state index contributed by atoms with van der Waals surface area (Å²) in [5, 5.41) is 3.89. The highest BCUT2D eigenvalue weighted by Gasteiger charge is 2.17. The van der Waals surface area contributed by atoms with Gasteiger partial charge in [-0.1, -0.05) is 5.16 Å². The Morgan fingerprint density at radius 2 is 1.95 bits per heavy atom. The molecule has 0 radical (unpaired) electrons. The van der Waals surface area contributed by atoms with Crippen molar-refractivity contribution in [2.75, 3.05) is 25.9 Å². The van der Waals surface area contributed by atoms with E-state index in [0.717, 1.165) is 42.9 Å². The topological polar surface area (TPSA) is 64.5 Å². The zero-order valence-electron chi connectivity index (χ0n) is 11.6. The van der Waals surface area contributed by atoms with Crippen LogP contribution in [-0.4, -0.2) is 36.3 Å². The summed E-state index contributed by atoms with van der Waals surface area (Å²) in [4.78, 5) is 2.33. The summed E-state index contributed by atoms with van der Waals surface area (Å²) in [6.07, 6.45) is 2.48. The molecule has 1 saturated heterocycles. The molecule has 1 fully saturated rings. The van der Waals surface area contributed by atoms with E-state index in [1.165, 1.54) is 0 Å². The van der Waals surface area contributed by atoms with Crippen molar-refractivity contribution >= 4 is 5.88 Å². The quantitative estimate of drug-likeness (QED) is 0.930. The van der Waals surface area contributed by atoms with Gasteiger partial charge in [0.2, 0.25) is 5.88 Å². The number of hydrogen-bond acceptors (Lipinski definition) is 5. The van der Waals surface area contributed by atoms with E-state index in [9.17, 15) is 0 Å². The lowest BCUT2D eigenvalue weighted by Gasteiger charge is -2.29. The Morgan fingerprint density at radius 1 is 1.25 bits per heavy atom. The van der Waals surface area contributed by atoms with Crippen LogP contribution in [-0.2, 0) is 0 Å². The molecule has 3 rings (SSSR count). The van der Waals surface area contributed by atoms with Gasteiger partial charge in [0.1, 0.15) is 17.5 Å². The third-order valence-corrected chi connectivity index (χ3v) is 3.65. The second-order valence-electron chi connectivity index (χ2n) is 5.26. The summed E-state index contributed by atoms with van der Waals surface area (Å²) in [6, 6.07) is 9.60. The van der Waals surface area contributed by atoms with E-state index in [1.54, 1.807) is 6.07 Å². The molecule has 0 bridgehead atoms. The van der Waals surface area contributed by atoms with Gasteiger partial charge in [-0.05, 0) is 44.2 Å². The number of aromatic nitrogens is 1. The minimum Gasteiger partial charge on any atom is -0.490 e. The van der Waals surface area contributed by atoms with Crippen LogP contribution in [0.2, 0.25) is 0 Å². The van der Waals surface area contributed by atoms with E-state index in [0.29, 0.717) is 12.0 Å². The highest BCUT2D eigenvalue weighted by atomic mass is 16.5. The highest BCUT2D eigenvalue weighted by molar-refractivity contribution is 5.61. The Balaban J connectivity index is 1.64. The van der Waals surface area contributed by atoms with Crippen LogP contribution >= 0.6 is 0 Å². The van der Waals surface area contributed by atoms with Gasteiger partial charge in [-0.2, -0.15) is 0 Å². The van der Waals surface area contributed by atoms with E-state index in [-0.39, 0.29) is 0 Å². The lowest BCUT2D eigenvalue weighted by atomic mass is 10.1. The highest BCUT2D eigenvalue weighted by Crippen LogP contribution is 2.24. The zero-order chi connectivity index (χ0) is 13.9. The van der Waals surface area contributed by atoms with Crippen molar-refractivity contribution in [2.45, 2.75) is 18.9 Å². The average molecular weight is 273 g/mol. The maximum absolute atomic E-state index is 6.00. The van der Waals surface area contributed by atoms with Crippen molar-refractivity contribution in [3.63, 3.8) is 0 Å². The number of likely N-dealkylation sites (tertiary alicyclic amines) is 1. The third kappa shape index (κ3) is 2.93. The van der Waals surface area contributed by atoms with E-state index in [1.807, 2.05) is 24.3 Å². The number of anilines is 1. The van der Waals surface area contributed by atoms with Crippen molar-refractivity contribution in [1.82, 2.24) is 10.1 Å². The van der Waals surface area contributed by atoms with Crippen LogP contribution in [0.25, 0.3) is 11.3 Å². The van der Waals surface area contributed by atoms with E-state index in [4.69, 9.17) is 15.0 Å². The lowest BCUT2D eigenvalue weighted by molar-refractivity contribution is 0.114. The van der Waals surface area contributed by atoms with Crippen LogP contribution in [0, 0.1) is 0 Å². The number of nitrogen functional groups attached to an aromatic ring is 1. The summed E-state index contributed by atoms with van der Waals surface area (Å²) in [6.45, 7) is 2.20. The van der Waals surface area contributed by atoms with Crippen LogP contribution in [0.1, 0.15) is 12.8 Å². The second kappa shape index (κ2) is 5.54. The molecule has 5 nitrogen and oxygen atoms in total. The standard InChI is InChI=1S/C15H19N3O2/c1-18-8-6-13(7-9-18)19-12-4-2-11(3-5-12)14-10-15(16)20-17-14/h2-5,10,13H,6-9,16H2,1H3. The van der Waals surface area contributed by atoms with E-state index >= 15 is 0 Å². The van der Waals surface area contributed by atoms with Gasteiger partial charge in [0.05, 0.1) is 0 Å². The second-order valence-corrected chi connectivity index (χ2v) is 5.26. The average Bonchev–Trinajstić information content (AvgIpc) is 2.89. The summed E-state index contributed by atoms with van der Waals surface area (Å²) in [7, 11) is 2.15. The van der Waals surface area contributed by atoms with Crippen molar-refractivity contribution < 1.29 is 9.26 Å². The molecular weight excluding hydrogens is 254 g/mol. The molecule has 1 aliphatic rings. The summed E-state index contributed by atoms with van der Waals surface area (Å²) >= 11 is 0. The summed E-state index contributed by atoms with van der Waals surface area (Å²) < 4.78 is 10.9. The van der Waals surface area contributed by atoms with Crippen LogP contribution in [0.3, 0.4) is 0 Å². The SMILES string of the molecule is CN1CCC(Oc2ccc(-c3cc(N)on3)cc2)CC1. The Kier molecular flexibility index (Phi) is 3.60. The molecule has 0 atom stereocenters. The van der Waals surface area contributed by atoms with Crippen molar-refractivity contribution in [1.29, 1.82) is 0 Å². The molecular formula is C15H19N3O2. The van der Waals surface area contributed by atoms with Gasteiger partial charge < -0.3 is 19.9 Å². The number of nitrogens with two attached hydrogens (primary N) is 1. The smallest absolute Gasteiger partial charge is 0.222 e. The first-order valence-electron chi connectivity index (χ1n) is 6.88. The Bertz CT molecular complexity index is 557. The molecule has 1 aromatic carbocycles. The van der Waals surface area contributed by atoms with E-state index < -0.39 is 0 Å². The summed E-state index contributed by atoms with van der Waals surface area (Å²) in [5.41, 5.74) is 7.24. The van der Waals surface area contributed by atoms with Crippen LogP contribution in [0.15, 0.2) is 34.9 Å². The van der Waals surface area contributed by atoms with Gasteiger partial charge in [0.15, 0.2) is 0 Å². The van der Waals surface area contributed by atoms with Gasteiger partial charge in [-0.3, -0.25) is 0 Å². The van der Waals surface area contributed by atoms with Gasteiger partial charge >= 0.3 is 0 Å². The number of ether oxygens (including phenoxy) is 1. The third-order valence-electron chi connectivity index (χ3n) is 3.65. The molecule has 20 heavy (non-hydrogen) atoms. The Morgan fingerprint density at radius 3 is 2.55 bits per heavy atom. The first kappa shape index (κ1) is 13.0. The van der Waals surface area contributed by atoms with Gasteiger partial charge in [-0.15, -0.1) is 0 Å². The maximum atomic E-state index is 6.00. The molecule has 0 unspecified atom stereocenters. The number of benzene rings is 1. The predicted molar refractivity (Wildman–Crippen MR) is 77.5 cm³/mol. The molecule has 0 spiro atoms. The lowest BCUT2D eigenvalue weighted by Crippen LogP contribution is -2.35. The number of nitrogens with zero attached hydrogens (tertiary/aromatic N) is 2. The molecule has 5 heteroatoms. The van der Waals surface area contributed by atoms with Gasteiger partial charge in [0.25, 0.3) is 0 Å². The molecule has 1 aromatic heterocycles. The Hall–Kier alpha value is -2.01. The molecule has 1 aliphatic heterocycles. The Labute approximate surface area is 118 Å². The zero-order valence-corrected chi connectivity index (χ0v) is 11.6. The molecule has 2 N–H and O–H groups in total. The molecule has 2 heterocycles. The van der Waals surface area contributed by atoms with Gasteiger partial charge in [-0.25, -0.2) is 0 Å². The fourth-order valence-corrected chi connectivity index (χ4v) is 2.42. The first-order valence-corrected chi connectivity index (χ1v) is 6.88. The monoisotopic (exact) mass is 273 g/mol. The van der Waals surface area contributed by atoms with Gasteiger partial charge in [0, 0.05) is 24.7 Å². The normalized spacial score (nSPS) is 17.2. The van der Waals surface area contributed by atoms with Crippen molar-refractivity contribution in [3.05, 3.63) is 30.3 Å². The van der Waals surface area contributed by atoms with Crippen LogP contribution in [0.5, 0.6) is 5.75 Å². The number of rotatable bonds is 3. The fraction of sp³-hybridized carbons (Fsp3) is 0.400. The largest absolute Gasteiger partial charge is 0.490 e. The van der Waals surface area contributed by atoms with E-state index in [2.05, 4.69) is 17.1 Å². The molecule has 0 saturated carbocycles. The molecule has 106 valence electrons.